The standard InChI is InChI=1S/C12H2B10/c13-2-5(15)9(19)8(18)4(14)1-3-6(16)10(20)12(22)11(21)7(3)17/h1-2H/b4-1-,5-2-,9-8-. The molecule has 0 spiro atoms. The quantitative estimate of drug-likeness (QED) is 0.374. The fourth-order valence-corrected chi connectivity index (χ4v) is 1.66. The summed E-state index contributed by atoms with van der Waals surface area (Å²) in [6.07, 6.45) is 1.38. The normalized spacial score (nSPS) is 13.8. The Labute approximate surface area is 145 Å². The van der Waals surface area contributed by atoms with Crippen LogP contribution in [0.4, 0.5) is 0 Å². The molecule has 0 saturated carbocycles. The van der Waals surface area contributed by atoms with E-state index in [1.54, 1.807) is 0 Å². The smallest absolute Gasteiger partial charge is 0.113 e. The van der Waals surface area contributed by atoms with Gasteiger partial charge in [-0.15, -0.1) is 44.3 Å². The average Bonchev–Trinajstić information content (AvgIpc) is 2.52. The first-order valence-corrected chi connectivity index (χ1v) is 6.05. The molecule has 0 saturated heterocycles. The van der Waals surface area contributed by atoms with Crippen LogP contribution in [-0.2, 0) is 0 Å². The van der Waals surface area contributed by atoms with E-state index in [2.05, 4.69) is 0 Å². The summed E-state index contributed by atoms with van der Waals surface area (Å²) in [5.41, 5.74) is 0.996. The van der Waals surface area contributed by atoms with Crippen LogP contribution in [0.1, 0.15) is 5.56 Å². The lowest BCUT2D eigenvalue weighted by Crippen LogP contribution is -2.55. The molecule has 0 N–H and O–H groups in total. The molecule has 22 heavy (non-hydrogen) atoms. The first-order valence-electron chi connectivity index (χ1n) is 6.05. The SMILES string of the molecule is [B]/C=C([B])/C([B])=C([B])\C([B])=C\c1c([B])c([B])c([B])c([B])c1[B]. The van der Waals surface area contributed by atoms with E-state index in [9.17, 15) is 0 Å². The minimum absolute atomic E-state index is 0.00645. The summed E-state index contributed by atoms with van der Waals surface area (Å²) in [4.78, 5) is 0. The molecule has 80 valence electrons. The predicted octanol–water partition coefficient (Wildman–Crippen LogP) is -5.11. The number of hydrogen-bond donors (Lipinski definition) is 0. The molecule has 0 aromatic heterocycles. The van der Waals surface area contributed by atoms with Gasteiger partial charge in [-0.1, -0.05) is 17.0 Å². The maximum absolute atomic E-state index is 5.88. The van der Waals surface area contributed by atoms with Crippen molar-refractivity contribution in [1.82, 2.24) is 0 Å². The minimum atomic E-state index is 0.00645. The van der Waals surface area contributed by atoms with E-state index in [0.29, 0.717) is 0 Å². The number of hydrogen-bond acceptors (Lipinski definition) is 0. The second kappa shape index (κ2) is 7.57. The van der Waals surface area contributed by atoms with Gasteiger partial charge >= 0.3 is 0 Å². The zero-order valence-corrected chi connectivity index (χ0v) is 11.9. The summed E-state index contributed by atoms with van der Waals surface area (Å²) in [6, 6.07) is 0. The van der Waals surface area contributed by atoms with Crippen molar-refractivity contribution in [2.45, 2.75) is 0 Å². The first-order chi connectivity index (χ1) is 10.1. The zero-order valence-electron chi connectivity index (χ0n) is 11.9. The molecule has 0 heterocycles. The van der Waals surface area contributed by atoms with E-state index in [1.165, 1.54) is 6.08 Å². The Morgan fingerprint density at radius 2 is 0.955 bits per heavy atom. The average molecular weight is 254 g/mol. The highest BCUT2D eigenvalue weighted by Crippen LogP contribution is 2.13. The van der Waals surface area contributed by atoms with Crippen molar-refractivity contribution in [2.24, 2.45) is 0 Å². The molecule has 0 bridgehead atoms. The van der Waals surface area contributed by atoms with E-state index >= 15 is 0 Å². The van der Waals surface area contributed by atoms with Crippen LogP contribution in [0.5, 0.6) is 0 Å². The second-order valence-corrected chi connectivity index (χ2v) is 4.53. The van der Waals surface area contributed by atoms with Crippen LogP contribution >= 0.6 is 0 Å². The largest absolute Gasteiger partial charge is 0.139 e. The molecule has 10 heteroatoms. The number of benzene rings is 1. The van der Waals surface area contributed by atoms with E-state index in [0.717, 1.165) is 5.98 Å². The Bertz CT molecular complexity index is 669. The van der Waals surface area contributed by atoms with Gasteiger partial charge in [0.05, 0.1) is 0 Å². The van der Waals surface area contributed by atoms with Gasteiger partial charge in [0, 0.05) is 0 Å². The van der Waals surface area contributed by atoms with Crippen LogP contribution < -0.4 is 27.3 Å². The predicted molar refractivity (Wildman–Crippen MR) is 105 cm³/mol. The lowest BCUT2D eigenvalue weighted by molar-refractivity contribution is 1.73. The molecule has 0 aliphatic heterocycles. The van der Waals surface area contributed by atoms with Crippen LogP contribution in [-0.4, -0.2) is 78.5 Å². The molecule has 0 nitrogen and oxygen atoms in total. The van der Waals surface area contributed by atoms with Gasteiger partial charge in [-0.2, -0.15) is 0 Å². The van der Waals surface area contributed by atoms with Crippen LogP contribution in [0.3, 0.4) is 0 Å². The van der Waals surface area contributed by atoms with Gasteiger partial charge in [0.2, 0.25) is 0 Å². The van der Waals surface area contributed by atoms with Crippen molar-refractivity contribution >= 4 is 112 Å². The molecular weight excluding hydrogens is 252 g/mol. The molecule has 0 amide bonds. The van der Waals surface area contributed by atoms with E-state index in [-0.39, 0.29) is 54.8 Å². The van der Waals surface area contributed by atoms with Crippen LogP contribution in [0.25, 0.3) is 6.08 Å². The second-order valence-electron chi connectivity index (χ2n) is 4.53. The van der Waals surface area contributed by atoms with Crippen molar-refractivity contribution in [3.63, 3.8) is 0 Å². The molecule has 1 rings (SSSR count). The summed E-state index contributed by atoms with van der Waals surface area (Å²) in [7, 11) is 57.2. The molecule has 0 aliphatic carbocycles. The van der Waals surface area contributed by atoms with Gasteiger partial charge < -0.3 is 0 Å². The van der Waals surface area contributed by atoms with Crippen molar-refractivity contribution in [3.8, 4) is 0 Å². The van der Waals surface area contributed by atoms with Gasteiger partial charge in [0.1, 0.15) is 78.5 Å². The molecule has 0 atom stereocenters. The molecule has 0 unspecified atom stereocenters. The van der Waals surface area contributed by atoms with Gasteiger partial charge in [0.15, 0.2) is 0 Å². The molecule has 0 aliphatic rings. The molecule has 1 aromatic carbocycles. The highest BCUT2D eigenvalue weighted by molar-refractivity contribution is 6.67. The molecule has 1 aromatic rings. The Hall–Kier alpha value is -0.911. The highest BCUT2D eigenvalue weighted by Gasteiger charge is 2.09. The van der Waals surface area contributed by atoms with Crippen molar-refractivity contribution < 1.29 is 0 Å². The van der Waals surface area contributed by atoms with Gasteiger partial charge in [0.25, 0.3) is 0 Å². The summed E-state index contributed by atoms with van der Waals surface area (Å²) in [5, 5.41) is 0. The molecule has 0 fully saturated rings. The minimum Gasteiger partial charge on any atom is -0.139 e. The fourth-order valence-electron chi connectivity index (χ4n) is 1.66. The van der Waals surface area contributed by atoms with Crippen LogP contribution in [0.15, 0.2) is 27.9 Å². The first kappa shape index (κ1) is 19.1. The van der Waals surface area contributed by atoms with Crippen molar-refractivity contribution in [1.29, 1.82) is 0 Å². The van der Waals surface area contributed by atoms with Gasteiger partial charge in [-0.25, -0.2) is 0 Å². The Kier molecular flexibility index (Phi) is 6.59. The van der Waals surface area contributed by atoms with Crippen molar-refractivity contribution in [2.75, 3.05) is 0 Å². The summed E-state index contributed by atoms with van der Waals surface area (Å²) in [5.74, 6) is 1.09. The Morgan fingerprint density at radius 1 is 0.591 bits per heavy atom. The summed E-state index contributed by atoms with van der Waals surface area (Å²) in [6.45, 7) is 0. The molecular formula is C12H2B10. The van der Waals surface area contributed by atoms with E-state index in [1.807, 2.05) is 0 Å². The maximum Gasteiger partial charge on any atom is 0.113 e. The number of allylic oxidation sites excluding steroid dienone is 4. The monoisotopic (exact) mass is 256 g/mol. The van der Waals surface area contributed by atoms with E-state index < -0.39 is 0 Å². The summed E-state index contributed by atoms with van der Waals surface area (Å²) >= 11 is 0. The van der Waals surface area contributed by atoms with Crippen LogP contribution in [0.2, 0.25) is 0 Å². The third-order valence-corrected chi connectivity index (χ3v) is 3.13. The van der Waals surface area contributed by atoms with Gasteiger partial charge in [-0.05, 0) is 5.56 Å². The van der Waals surface area contributed by atoms with Gasteiger partial charge in [-0.3, -0.25) is 0 Å². The zero-order chi connectivity index (χ0) is 17.2. The fraction of sp³-hybridized carbons (Fsp3) is 0. The Balaban J connectivity index is 3.53. The highest BCUT2D eigenvalue weighted by atomic mass is 14.0. The summed E-state index contributed by atoms with van der Waals surface area (Å²) < 4.78 is 0. The van der Waals surface area contributed by atoms with E-state index in [4.69, 9.17) is 78.5 Å². The Morgan fingerprint density at radius 3 is 1.36 bits per heavy atom. The van der Waals surface area contributed by atoms with Crippen molar-refractivity contribution in [3.05, 3.63) is 33.4 Å². The molecule has 20 radical (unpaired) electrons. The third kappa shape index (κ3) is 3.70. The van der Waals surface area contributed by atoms with Crippen LogP contribution in [0, 0.1) is 0 Å². The lowest BCUT2D eigenvalue weighted by atomic mass is 9.59. The number of rotatable bonds is 3. The maximum atomic E-state index is 5.88. The third-order valence-electron chi connectivity index (χ3n) is 3.13. The topological polar surface area (TPSA) is 0 Å². The lowest BCUT2D eigenvalue weighted by Gasteiger charge is -2.20.